The van der Waals surface area contributed by atoms with Gasteiger partial charge in [0, 0.05) is 6.42 Å². The summed E-state index contributed by atoms with van der Waals surface area (Å²) in [5.74, 6) is -0.663. The summed E-state index contributed by atoms with van der Waals surface area (Å²) in [5, 5.41) is 8.53. The van der Waals surface area contributed by atoms with Gasteiger partial charge in [-0.25, -0.2) is 0 Å². The third-order valence-electron chi connectivity index (χ3n) is 3.66. The van der Waals surface area contributed by atoms with Gasteiger partial charge < -0.3 is 5.11 Å². The number of unbranched alkanes of at least 4 members (excludes halogenated alkanes) is 3. The molecular formula is C14H28O2. The molecule has 0 aromatic carbocycles. The Kier molecular flexibility index (Phi) is 8.32. The van der Waals surface area contributed by atoms with E-state index < -0.39 is 5.97 Å². The van der Waals surface area contributed by atoms with Crippen LogP contribution in [0.3, 0.4) is 0 Å². The Hall–Kier alpha value is -0.530. The van der Waals surface area contributed by atoms with Gasteiger partial charge in [-0.05, 0) is 24.7 Å². The zero-order chi connectivity index (χ0) is 12.4. The standard InChI is InChI=1S/C14H28O2/c1-4-6-11-14(3,5-2)12-9-7-8-10-13(15)16/h4-12H2,1-3H3,(H,15,16). The number of aliphatic carboxylic acids is 1. The number of carbonyl (C=O) groups is 1. The summed E-state index contributed by atoms with van der Waals surface area (Å²) in [7, 11) is 0. The molecule has 0 radical (unpaired) electrons. The van der Waals surface area contributed by atoms with E-state index in [1.165, 1.54) is 38.5 Å². The van der Waals surface area contributed by atoms with Crippen LogP contribution in [-0.2, 0) is 4.79 Å². The van der Waals surface area contributed by atoms with E-state index in [2.05, 4.69) is 20.8 Å². The molecule has 0 heterocycles. The molecule has 0 amide bonds. The Morgan fingerprint density at radius 3 is 2.19 bits per heavy atom. The van der Waals surface area contributed by atoms with Crippen molar-refractivity contribution in [2.75, 3.05) is 0 Å². The van der Waals surface area contributed by atoms with Crippen LogP contribution in [-0.4, -0.2) is 11.1 Å². The predicted octanol–water partition coefficient (Wildman–Crippen LogP) is 4.63. The van der Waals surface area contributed by atoms with Crippen LogP contribution < -0.4 is 0 Å². The molecule has 0 saturated carbocycles. The molecule has 0 aliphatic rings. The van der Waals surface area contributed by atoms with Crippen molar-refractivity contribution in [3.05, 3.63) is 0 Å². The van der Waals surface area contributed by atoms with Crippen molar-refractivity contribution in [3.8, 4) is 0 Å². The molecule has 0 spiro atoms. The normalized spacial score (nSPS) is 14.7. The van der Waals surface area contributed by atoms with Crippen molar-refractivity contribution in [3.63, 3.8) is 0 Å². The first-order valence-electron chi connectivity index (χ1n) is 6.76. The summed E-state index contributed by atoms with van der Waals surface area (Å²) in [4.78, 5) is 10.4. The Morgan fingerprint density at radius 2 is 1.69 bits per heavy atom. The van der Waals surface area contributed by atoms with Gasteiger partial charge in [0.2, 0.25) is 0 Å². The van der Waals surface area contributed by atoms with Gasteiger partial charge >= 0.3 is 5.97 Å². The summed E-state index contributed by atoms with van der Waals surface area (Å²) >= 11 is 0. The smallest absolute Gasteiger partial charge is 0.303 e. The molecule has 0 fully saturated rings. The molecule has 2 nitrogen and oxygen atoms in total. The van der Waals surface area contributed by atoms with E-state index in [0.29, 0.717) is 11.8 Å². The second-order valence-corrected chi connectivity index (χ2v) is 5.22. The fourth-order valence-corrected chi connectivity index (χ4v) is 2.09. The highest BCUT2D eigenvalue weighted by Gasteiger charge is 2.20. The van der Waals surface area contributed by atoms with E-state index >= 15 is 0 Å². The maximum Gasteiger partial charge on any atom is 0.303 e. The molecule has 0 aliphatic carbocycles. The van der Waals surface area contributed by atoms with E-state index in [1.54, 1.807) is 0 Å². The van der Waals surface area contributed by atoms with Crippen molar-refractivity contribution in [1.29, 1.82) is 0 Å². The third kappa shape index (κ3) is 7.72. The minimum absolute atomic E-state index is 0.331. The average molecular weight is 228 g/mol. The van der Waals surface area contributed by atoms with Crippen molar-refractivity contribution in [1.82, 2.24) is 0 Å². The highest BCUT2D eigenvalue weighted by Crippen LogP contribution is 2.34. The number of hydrogen-bond acceptors (Lipinski definition) is 1. The first-order chi connectivity index (χ1) is 7.54. The first-order valence-corrected chi connectivity index (χ1v) is 6.76. The highest BCUT2D eigenvalue weighted by atomic mass is 16.4. The molecule has 0 aromatic rings. The van der Waals surface area contributed by atoms with E-state index in [-0.39, 0.29) is 0 Å². The molecule has 0 bridgehead atoms. The molecule has 0 aliphatic heterocycles. The second-order valence-electron chi connectivity index (χ2n) is 5.22. The van der Waals surface area contributed by atoms with Gasteiger partial charge in [0.05, 0.1) is 0 Å². The summed E-state index contributed by atoms with van der Waals surface area (Å²) in [6.07, 6.45) is 9.82. The van der Waals surface area contributed by atoms with Crippen LogP contribution >= 0.6 is 0 Å². The van der Waals surface area contributed by atoms with Crippen LogP contribution in [0.1, 0.15) is 78.6 Å². The Morgan fingerprint density at radius 1 is 1.06 bits per heavy atom. The fourth-order valence-electron chi connectivity index (χ4n) is 2.09. The van der Waals surface area contributed by atoms with Crippen molar-refractivity contribution in [2.24, 2.45) is 5.41 Å². The first kappa shape index (κ1) is 15.5. The number of carboxylic acid groups (broad SMARTS) is 1. The van der Waals surface area contributed by atoms with Crippen LogP contribution in [0.5, 0.6) is 0 Å². The fraction of sp³-hybridized carbons (Fsp3) is 0.929. The predicted molar refractivity (Wildman–Crippen MR) is 68.6 cm³/mol. The SMILES string of the molecule is CCCCC(C)(CC)CCCCCC(=O)O. The molecule has 2 heteroatoms. The summed E-state index contributed by atoms with van der Waals surface area (Å²) in [5.41, 5.74) is 0.485. The zero-order valence-electron chi connectivity index (χ0n) is 11.2. The van der Waals surface area contributed by atoms with Crippen LogP contribution in [0.25, 0.3) is 0 Å². The van der Waals surface area contributed by atoms with Gasteiger partial charge in [-0.2, -0.15) is 0 Å². The lowest BCUT2D eigenvalue weighted by Crippen LogP contribution is -2.15. The Bertz CT molecular complexity index is 189. The van der Waals surface area contributed by atoms with E-state index in [0.717, 1.165) is 12.8 Å². The van der Waals surface area contributed by atoms with Crippen molar-refractivity contribution in [2.45, 2.75) is 78.6 Å². The van der Waals surface area contributed by atoms with Crippen LogP contribution in [0.4, 0.5) is 0 Å². The molecule has 1 unspecified atom stereocenters. The number of rotatable bonds is 10. The molecule has 0 rings (SSSR count). The number of hydrogen-bond donors (Lipinski definition) is 1. The van der Waals surface area contributed by atoms with E-state index in [9.17, 15) is 4.79 Å². The third-order valence-corrected chi connectivity index (χ3v) is 3.66. The molecule has 1 N–H and O–H groups in total. The van der Waals surface area contributed by atoms with Gasteiger partial charge in [0.1, 0.15) is 0 Å². The minimum Gasteiger partial charge on any atom is -0.481 e. The van der Waals surface area contributed by atoms with Crippen LogP contribution in [0.15, 0.2) is 0 Å². The molecule has 96 valence electrons. The average Bonchev–Trinajstić information content (AvgIpc) is 2.25. The molecule has 16 heavy (non-hydrogen) atoms. The van der Waals surface area contributed by atoms with E-state index in [4.69, 9.17) is 5.11 Å². The second kappa shape index (κ2) is 8.60. The van der Waals surface area contributed by atoms with Gasteiger partial charge in [-0.3, -0.25) is 4.79 Å². The van der Waals surface area contributed by atoms with E-state index in [1.807, 2.05) is 0 Å². The minimum atomic E-state index is -0.663. The lowest BCUT2D eigenvalue weighted by atomic mass is 9.78. The quantitative estimate of drug-likeness (QED) is 0.554. The lowest BCUT2D eigenvalue weighted by Gasteiger charge is -2.28. The topological polar surface area (TPSA) is 37.3 Å². The number of carboxylic acids is 1. The molecular weight excluding hydrogens is 200 g/mol. The van der Waals surface area contributed by atoms with Crippen LogP contribution in [0, 0.1) is 5.41 Å². The maximum atomic E-state index is 10.4. The highest BCUT2D eigenvalue weighted by molar-refractivity contribution is 5.66. The molecule has 1 atom stereocenters. The molecule has 0 saturated heterocycles. The lowest BCUT2D eigenvalue weighted by molar-refractivity contribution is -0.137. The van der Waals surface area contributed by atoms with Gasteiger partial charge in [0.15, 0.2) is 0 Å². The van der Waals surface area contributed by atoms with Crippen LogP contribution in [0.2, 0.25) is 0 Å². The summed E-state index contributed by atoms with van der Waals surface area (Å²) in [6.45, 7) is 6.88. The monoisotopic (exact) mass is 228 g/mol. The van der Waals surface area contributed by atoms with Crippen molar-refractivity contribution >= 4 is 5.97 Å². The Labute approximate surface area is 100 Å². The largest absolute Gasteiger partial charge is 0.481 e. The Balaban J connectivity index is 3.64. The van der Waals surface area contributed by atoms with Gasteiger partial charge in [-0.1, -0.05) is 52.9 Å². The van der Waals surface area contributed by atoms with Crippen molar-refractivity contribution < 1.29 is 9.90 Å². The van der Waals surface area contributed by atoms with Gasteiger partial charge in [0.25, 0.3) is 0 Å². The van der Waals surface area contributed by atoms with Gasteiger partial charge in [-0.15, -0.1) is 0 Å². The molecule has 0 aromatic heterocycles. The maximum absolute atomic E-state index is 10.4. The zero-order valence-corrected chi connectivity index (χ0v) is 11.2. The summed E-state index contributed by atoms with van der Waals surface area (Å²) < 4.78 is 0. The summed E-state index contributed by atoms with van der Waals surface area (Å²) in [6, 6.07) is 0.